The molecule has 0 aliphatic carbocycles. The van der Waals surface area contributed by atoms with Crippen molar-refractivity contribution < 1.29 is 22.7 Å². The molecule has 0 bridgehead atoms. The summed E-state index contributed by atoms with van der Waals surface area (Å²) in [6.45, 7) is 0.893. The van der Waals surface area contributed by atoms with Gasteiger partial charge in [-0.05, 0) is 54.3 Å². The normalized spacial score (nSPS) is 17.8. The number of methoxy groups -OCH3 is 2. The van der Waals surface area contributed by atoms with Gasteiger partial charge in [0.2, 0.25) is 10.0 Å². The molecule has 0 spiro atoms. The Labute approximate surface area is 153 Å². The topological polar surface area (TPSA) is 72.9 Å². The zero-order valence-corrected chi connectivity index (χ0v) is 15.5. The van der Waals surface area contributed by atoms with Gasteiger partial charge >= 0.3 is 5.97 Å². The lowest BCUT2D eigenvalue weighted by Gasteiger charge is -2.17. The van der Waals surface area contributed by atoms with Gasteiger partial charge < -0.3 is 9.47 Å². The summed E-state index contributed by atoms with van der Waals surface area (Å²) >= 11 is 0. The third-order valence-electron chi connectivity index (χ3n) is 4.65. The second kappa shape index (κ2) is 7.47. The minimum Gasteiger partial charge on any atom is -0.497 e. The van der Waals surface area contributed by atoms with Gasteiger partial charge in [0.05, 0.1) is 24.7 Å². The van der Waals surface area contributed by atoms with Crippen molar-refractivity contribution in [3.05, 3.63) is 59.7 Å². The predicted molar refractivity (Wildman–Crippen MR) is 96.9 cm³/mol. The molecule has 6 nitrogen and oxygen atoms in total. The highest BCUT2D eigenvalue weighted by Crippen LogP contribution is 2.31. The maximum atomic E-state index is 12.8. The van der Waals surface area contributed by atoms with Crippen LogP contribution < -0.4 is 4.74 Å². The Balaban J connectivity index is 1.73. The molecule has 0 radical (unpaired) electrons. The van der Waals surface area contributed by atoms with Gasteiger partial charge in [0.15, 0.2) is 0 Å². The van der Waals surface area contributed by atoms with Crippen LogP contribution in [-0.2, 0) is 14.8 Å². The van der Waals surface area contributed by atoms with Crippen LogP contribution in [0.2, 0.25) is 0 Å². The summed E-state index contributed by atoms with van der Waals surface area (Å²) < 4.78 is 36.9. The molecule has 0 amide bonds. The van der Waals surface area contributed by atoms with E-state index in [9.17, 15) is 13.2 Å². The smallest absolute Gasteiger partial charge is 0.337 e. The van der Waals surface area contributed by atoms with Gasteiger partial charge in [0.1, 0.15) is 5.75 Å². The monoisotopic (exact) mass is 375 g/mol. The van der Waals surface area contributed by atoms with E-state index in [0.717, 1.165) is 12.0 Å². The number of rotatable bonds is 5. The summed E-state index contributed by atoms with van der Waals surface area (Å²) in [7, 11) is -0.642. The third-order valence-corrected chi connectivity index (χ3v) is 6.53. The van der Waals surface area contributed by atoms with Crippen LogP contribution in [0.25, 0.3) is 0 Å². The highest BCUT2D eigenvalue weighted by molar-refractivity contribution is 7.89. The fourth-order valence-electron chi connectivity index (χ4n) is 3.12. The van der Waals surface area contributed by atoms with Crippen molar-refractivity contribution in [3.63, 3.8) is 0 Å². The molecular formula is C19H21NO5S. The quantitative estimate of drug-likeness (QED) is 0.751. The Kier molecular flexibility index (Phi) is 5.29. The van der Waals surface area contributed by atoms with Crippen LogP contribution >= 0.6 is 0 Å². The van der Waals surface area contributed by atoms with Crippen molar-refractivity contribution in [1.29, 1.82) is 0 Å². The highest BCUT2D eigenvalue weighted by atomic mass is 32.2. The second-order valence-corrected chi connectivity index (χ2v) is 8.08. The van der Waals surface area contributed by atoms with Gasteiger partial charge in [-0.1, -0.05) is 12.1 Å². The largest absolute Gasteiger partial charge is 0.497 e. The van der Waals surface area contributed by atoms with Crippen LogP contribution in [0.5, 0.6) is 5.75 Å². The van der Waals surface area contributed by atoms with E-state index < -0.39 is 10.0 Å². The zero-order chi connectivity index (χ0) is 18.7. The fourth-order valence-corrected chi connectivity index (χ4v) is 4.62. The van der Waals surface area contributed by atoms with Crippen LogP contribution in [0, 0.1) is 0 Å². The molecule has 0 N–H and O–H groups in total. The van der Waals surface area contributed by atoms with E-state index in [-0.39, 0.29) is 16.8 Å². The highest BCUT2D eigenvalue weighted by Gasteiger charge is 2.33. The molecular weight excluding hydrogens is 354 g/mol. The number of hydrogen-bond acceptors (Lipinski definition) is 5. The van der Waals surface area contributed by atoms with E-state index >= 15 is 0 Å². The Bertz CT molecular complexity index is 875. The molecule has 1 heterocycles. The molecule has 7 heteroatoms. The lowest BCUT2D eigenvalue weighted by atomic mass is 9.97. The van der Waals surface area contributed by atoms with E-state index in [1.165, 1.54) is 11.4 Å². The average molecular weight is 375 g/mol. The second-order valence-electron chi connectivity index (χ2n) is 6.14. The number of carbonyl (C=O) groups excluding carboxylic acids is 1. The standard InChI is InChI=1S/C19H21NO5S/c1-24-17-7-9-18(10-8-17)26(22,23)20-12-11-16(13-20)14-3-5-15(6-4-14)19(21)25-2/h3-10,16H,11-13H2,1-2H3/t16-/m0/s1. The number of ether oxygens (including phenoxy) is 2. The summed E-state index contributed by atoms with van der Waals surface area (Å²) in [6.07, 6.45) is 0.743. The molecule has 0 unspecified atom stereocenters. The summed E-state index contributed by atoms with van der Waals surface area (Å²) in [4.78, 5) is 11.8. The molecule has 1 fully saturated rings. The third kappa shape index (κ3) is 3.59. The molecule has 0 saturated carbocycles. The first kappa shape index (κ1) is 18.4. The van der Waals surface area contributed by atoms with Crippen LogP contribution in [-0.4, -0.2) is 46.0 Å². The summed E-state index contributed by atoms with van der Waals surface area (Å²) in [6, 6.07) is 13.6. The molecule has 26 heavy (non-hydrogen) atoms. The first-order valence-electron chi connectivity index (χ1n) is 8.28. The number of hydrogen-bond donors (Lipinski definition) is 0. The van der Waals surface area contributed by atoms with Crippen molar-refractivity contribution in [3.8, 4) is 5.75 Å². The summed E-state index contributed by atoms with van der Waals surface area (Å²) in [5, 5.41) is 0. The number of esters is 1. The van der Waals surface area contributed by atoms with Crippen LogP contribution in [0.15, 0.2) is 53.4 Å². The van der Waals surface area contributed by atoms with E-state index in [1.54, 1.807) is 43.5 Å². The number of benzene rings is 2. The van der Waals surface area contributed by atoms with E-state index in [0.29, 0.717) is 24.4 Å². The molecule has 2 aromatic rings. The van der Waals surface area contributed by atoms with E-state index in [1.807, 2.05) is 12.1 Å². The lowest BCUT2D eigenvalue weighted by molar-refractivity contribution is 0.0600. The van der Waals surface area contributed by atoms with Crippen molar-refractivity contribution in [2.45, 2.75) is 17.2 Å². The lowest BCUT2D eigenvalue weighted by Crippen LogP contribution is -2.28. The zero-order valence-electron chi connectivity index (χ0n) is 14.7. The summed E-state index contributed by atoms with van der Waals surface area (Å²) in [5.41, 5.74) is 1.50. The Morgan fingerprint density at radius 3 is 2.27 bits per heavy atom. The van der Waals surface area contributed by atoms with Crippen molar-refractivity contribution in [2.75, 3.05) is 27.3 Å². The predicted octanol–water partition coefficient (Wildman–Crippen LogP) is 2.66. The van der Waals surface area contributed by atoms with Gasteiger partial charge in [-0.2, -0.15) is 4.31 Å². The minimum absolute atomic E-state index is 0.106. The molecule has 1 saturated heterocycles. The van der Waals surface area contributed by atoms with Crippen LogP contribution in [0.1, 0.15) is 28.3 Å². The van der Waals surface area contributed by atoms with Gasteiger partial charge in [-0.25, -0.2) is 13.2 Å². The first-order chi connectivity index (χ1) is 12.5. The minimum atomic E-state index is -3.53. The Morgan fingerprint density at radius 2 is 1.69 bits per heavy atom. The Hall–Kier alpha value is -2.38. The van der Waals surface area contributed by atoms with Gasteiger partial charge in [0, 0.05) is 13.1 Å². The molecule has 3 rings (SSSR count). The van der Waals surface area contributed by atoms with Crippen molar-refractivity contribution in [1.82, 2.24) is 4.31 Å². The van der Waals surface area contributed by atoms with E-state index in [4.69, 9.17) is 9.47 Å². The molecule has 1 aliphatic rings. The average Bonchev–Trinajstić information content (AvgIpc) is 3.18. The van der Waals surface area contributed by atoms with Crippen LogP contribution in [0.4, 0.5) is 0 Å². The number of carbonyl (C=O) groups is 1. The fraction of sp³-hybridized carbons (Fsp3) is 0.316. The molecule has 1 aliphatic heterocycles. The van der Waals surface area contributed by atoms with Crippen molar-refractivity contribution in [2.24, 2.45) is 0 Å². The first-order valence-corrected chi connectivity index (χ1v) is 9.72. The maximum Gasteiger partial charge on any atom is 0.337 e. The van der Waals surface area contributed by atoms with E-state index in [2.05, 4.69) is 0 Å². The molecule has 2 aromatic carbocycles. The van der Waals surface area contributed by atoms with Gasteiger partial charge in [-0.15, -0.1) is 0 Å². The van der Waals surface area contributed by atoms with Gasteiger partial charge in [-0.3, -0.25) is 0 Å². The summed E-state index contributed by atoms with van der Waals surface area (Å²) in [5.74, 6) is 0.343. The number of nitrogens with zero attached hydrogens (tertiary/aromatic N) is 1. The van der Waals surface area contributed by atoms with Crippen molar-refractivity contribution >= 4 is 16.0 Å². The Morgan fingerprint density at radius 1 is 1.04 bits per heavy atom. The SMILES string of the molecule is COC(=O)c1ccc([C@H]2CCN(S(=O)(=O)c3ccc(OC)cc3)C2)cc1. The maximum absolute atomic E-state index is 12.8. The molecule has 1 atom stereocenters. The number of sulfonamides is 1. The molecule has 138 valence electrons. The van der Waals surface area contributed by atoms with Gasteiger partial charge in [0.25, 0.3) is 0 Å². The molecule has 0 aromatic heterocycles. The van der Waals surface area contributed by atoms with Crippen LogP contribution in [0.3, 0.4) is 0 Å².